The van der Waals surface area contributed by atoms with Gasteiger partial charge in [0.1, 0.15) is 4.33 Å². The maximum atomic E-state index is 10.9. The summed E-state index contributed by atoms with van der Waals surface area (Å²) < 4.78 is 9.69. The van der Waals surface area contributed by atoms with Crippen LogP contribution in [0.15, 0.2) is 0 Å². The van der Waals surface area contributed by atoms with Crippen LogP contribution in [0.4, 0.5) is 0 Å². The maximum absolute atomic E-state index is 10.9. The van der Waals surface area contributed by atoms with Crippen LogP contribution in [-0.2, 0) is 4.57 Å². The fraction of sp³-hybridized carbons (Fsp3) is 1.00. The van der Waals surface area contributed by atoms with E-state index in [1.165, 1.54) is 0 Å². The number of alkyl halides is 2. The lowest BCUT2D eigenvalue weighted by Gasteiger charge is -2.34. The molecular formula is C6H11Cl2O3P. The normalized spacial score (nSPS) is 30.2. The van der Waals surface area contributed by atoms with E-state index in [0.29, 0.717) is 12.8 Å². The van der Waals surface area contributed by atoms with E-state index in [9.17, 15) is 4.57 Å². The lowest BCUT2D eigenvalue weighted by Crippen LogP contribution is -2.34. The molecule has 0 heterocycles. The molecule has 6 heteroatoms. The van der Waals surface area contributed by atoms with Crippen LogP contribution in [0.1, 0.15) is 25.7 Å². The number of hydrogen-bond donors (Lipinski definition) is 2. The topological polar surface area (TPSA) is 57.5 Å². The molecular weight excluding hydrogens is 222 g/mol. The molecule has 12 heavy (non-hydrogen) atoms. The molecule has 1 fully saturated rings. The first-order chi connectivity index (χ1) is 5.34. The van der Waals surface area contributed by atoms with Gasteiger partial charge in [-0.05, 0) is 12.8 Å². The summed E-state index contributed by atoms with van der Waals surface area (Å²) in [6.45, 7) is 0. The molecule has 1 aliphatic carbocycles. The largest absolute Gasteiger partial charge is 0.331 e. The Morgan fingerprint density at radius 3 is 2.25 bits per heavy atom. The van der Waals surface area contributed by atoms with E-state index in [4.69, 9.17) is 33.0 Å². The summed E-state index contributed by atoms with van der Waals surface area (Å²) >= 11 is 11.6. The summed E-state index contributed by atoms with van der Waals surface area (Å²) in [7, 11) is -4.13. The van der Waals surface area contributed by atoms with Crippen LogP contribution in [0.25, 0.3) is 0 Å². The van der Waals surface area contributed by atoms with Crippen molar-refractivity contribution >= 4 is 30.8 Å². The molecule has 72 valence electrons. The lowest BCUT2D eigenvalue weighted by molar-refractivity contribution is 0.331. The molecule has 0 radical (unpaired) electrons. The van der Waals surface area contributed by atoms with Crippen molar-refractivity contribution < 1.29 is 14.4 Å². The monoisotopic (exact) mass is 232 g/mol. The molecule has 3 nitrogen and oxygen atoms in total. The fourth-order valence-corrected chi connectivity index (χ4v) is 3.88. The van der Waals surface area contributed by atoms with Crippen LogP contribution in [0.2, 0.25) is 0 Å². The summed E-state index contributed by atoms with van der Waals surface area (Å²) in [6.07, 6.45) is 2.50. The highest BCUT2D eigenvalue weighted by molar-refractivity contribution is 7.53. The Morgan fingerprint density at radius 1 is 1.33 bits per heavy atom. The predicted octanol–water partition coefficient (Wildman–Crippen LogP) is 2.28. The maximum Gasteiger partial charge on any atom is 0.331 e. The Bertz CT molecular complexity index is 213. The molecule has 2 N–H and O–H groups in total. The third-order valence-corrected chi connectivity index (χ3v) is 4.85. The molecule has 1 aliphatic rings. The molecule has 0 amide bonds. The minimum Gasteiger partial charge on any atom is -0.324 e. The Kier molecular flexibility index (Phi) is 3.12. The van der Waals surface area contributed by atoms with Gasteiger partial charge >= 0.3 is 7.60 Å². The quantitative estimate of drug-likeness (QED) is 0.539. The van der Waals surface area contributed by atoms with E-state index < -0.39 is 17.6 Å². The Balaban J connectivity index is 2.80. The molecule has 0 aromatic rings. The van der Waals surface area contributed by atoms with Crippen molar-refractivity contribution in [3.8, 4) is 0 Å². The van der Waals surface area contributed by atoms with Gasteiger partial charge in [0.15, 0.2) is 0 Å². The summed E-state index contributed by atoms with van der Waals surface area (Å²) in [5.74, 6) is 0. The molecule has 0 unspecified atom stereocenters. The average Bonchev–Trinajstić information content (AvgIpc) is 1.83. The zero-order chi connectivity index (χ0) is 9.41. The van der Waals surface area contributed by atoms with E-state index in [-0.39, 0.29) is 0 Å². The van der Waals surface area contributed by atoms with E-state index in [2.05, 4.69) is 0 Å². The summed E-state index contributed by atoms with van der Waals surface area (Å²) in [4.78, 5) is 17.8. The van der Waals surface area contributed by atoms with Crippen LogP contribution in [0, 0.1) is 0 Å². The van der Waals surface area contributed by atoms with Crippen molar-refractivity contribution in [2.45, 2.75) is 35.7 Å². The second-order valence-electron chi connectivity index (χ2n) is 3.11. The van der Waals surface area contributed by atoms with Crippen LogP contribution < -0.4 is 0 Å². The van der Waals surface area contributed by atoms with Gasteiger partial charge in [0.05, 0.1) is 5.66 Å². The predicted molar refractivity (Wildman–Crippen MR) is 48.7 cm³/mol. The minimum absolute atomic E-state index is 0.414. The highest BCUT2D eigenvalue weighted by Crippen LogP contribution is 2.56. The molecule has 0 spiro atoms. The minimum atomic E-state index is -4.13. The van der Waals surface area contributed by atoms with Gasteiger partial charge < -0.3 is 9.79 Å². The third-order valence-electron chi connectivity index (χ3n) is 2.13. The van der Waals surface area contributed by atoms with Crippen molar-refractivity contribution in [2.75, 3.05) is 0 Å². The molecule has 0 aromatic carbocycles. The Labute approximate surface area is 81.2 Å². The second-order valence-corrected chi connectivity index (χ2v) is 6.46. The van der Waals surface area contributed by atoms with Gasteiger partial charge in [-0.2, -0.15) is 0 Å². The summed E-state index contributed by atoms with van der Waals surface area (Å²) in [5, 5.41) is 0. The van der Waals surface area contributed by atoms with Crippen molar-refractivity contribution in [3.05, 3.63) is 0 Å². The Hall–Kier alpha value is 0.730. The smallest absolute Gasteiger partial charge is 0.324 e. The van der Waals surface area contributed by atoms with Gasteiger partial charge in [0.25, 0.3) is 0 Å². The van der Waals surface area contributed by atoms with E-state index >= 15 is 0 Å². The highest BCUT2D eigenvalue weighted by Gasteiger charge is 2.47. The van der Waals surface area contributed by atoms with E-state index in [0.717, 1.165) is 12.8 Å². The van der Waals surface area contributed by atoms with Crippen molar-refractivity contribution in [3.63, 3.8) is 0 Å². The first-order valence-electron chi connectivity index (χ1n) is 3.77. The van der Waals surface area contributed by atoms with Crippen LogP contribution in [0.3, 0.4) is 0 Å². The zero-order valence-corrected chi connectivity index (χ0v) is 8.82. The number of halogens is 2. The zero-order valence-electron chi connectivity index (χ0n) is 6.41. The Morgan fingerprint density at radius 2 is 1.92 bits per heavy atom. The third kappa shape index (κ3) is 2.36. The van der Waals surface area contributed by atoms with Gasteiger partial charge in [-0.25, -0.2) is 0 Å². The van der Waals surface area contributed by atoms with Crippen molar-refractivity contribution in [1.29, 1.82) is 0 Å². The van der Waals surface area contributed by atoms with Crippen LogP contribution >= 0.6 is 30.8 Å². The molecule has 0 aliphatic heterocycles. The van der Waals surface area contributed by atoms with E-state index in [1.807, 2.05) is 0 Å². The van der Waals surface area contributed by atoms with Gasteiger partial charge in [-0.3, -0.25) is 4.57 Å². The first kappa shape index (κ1) is 10.8. The second kappa shape index (κ2) is 3.47. The SMILES string of the molecule is O=P(O)(O)[C@H]1CCCCC1(Cl)Cl. The molecule has 1 saturated carbocycles. The first-order valence-corrected chi connectivity index (χ1v) is 6.21. The summed E-state index contributed by atoms with van der Waals surface area (Å²) in [5.41, 5.74) is -0.887. The fourth-order valence-electron chi connectivity index (χ4n) is 1.49. The average molecular weight is 233 g/mol. The van der Waals surface area contributed by atoms with Gasteiger partial charge in [-0.15, -0.1) is 23.2 Å². The summed E-state index contributed by atoms with van der Waals surface area (Å²) in [6, 6.07) is 0. The van der Waals surface area contributed by atoms with Gasteiger partial charge in [-0.1, -0.05) is 12.8 Å². The van der Waals surface area contributed by atoms with Gasteiger partial charge in [0.2, 0.25) is 0 Å². The van der Waals surface area contributed by atoms with Crippen LogP contribution in [-0.4, -0.2) is 19.8 Å². The lowest BCUT2D eigenvalue weighted by atomic mass is 9.99. The number of rotatable bonds is 1. The standard InChI is InChI=1S/C6H11Cl2O3P/c7-6(8)4-2-1-3-5(6)12(9,10)11/h5H,1-4H2,(H2,9,10,11)/t5-/m0/s1. The highest BCUT2D eigenvalue weighted by atomic mass is 35.5. The molecule has 0 aromatic heterocycles. The molecule has 0 bridgehead atoms. The van der Waals surface area contributed by atoms with Crippen molar-refractivity contribution in [1.82, 2.24) is 0 Å². The van der Waals surface area contributed by atoms with E-state index in [1.54, 1.807) is 0 Å². The number of hydrogen-bond acceptors (Lipinski definition) is 1. The molecule has 0 saturated heterocycles. The molecule has 1 rings (SSSR count). The van der Waals surface area contributed by atoms with Crippen molar-refractivity contribution in [2.24, 2.45) is 0 Å². The molecule has 1 atom stereocenters. The van der Waals surface area contributed by atoms with Crippen LogP contribution in [0.5, 0.6) is 0 Å². The van der Waals surface area contributed by atoms with Gasteiger partial charge in [0, 0.05) is 0 Å².